The highest BCUT2D eigenvalue weighted by molar-refractivity contribution is 5.79. The quantitative estimate of drug-likeness (QED) is 0.802. The Bertz CT molecular complexity index is 787. The maximum absolute atomic E-state index is 13.0. The summed E-state index contributed by atoms with van der Waals surface area (Å²) >= 11 is 0. The molecular weight excluding hydrogens is 382 g/mol. The highest BCUT2D eigenvalue weighted by Crippen LogP contribution is 2.20. The molecule has 0 aliphatic carbocycles. The number of hydrogen-bond donors (Lipinski definition) is 1. The monoisotopic (exact) mass is 415 g/mol. The molecule has 1 atom stereocenters. The third kappa shape index (κ3) is 6.21. The number of likely N-dealkylation sites (tertiary alicyclic amines) is 1. The van der Waals surface area contributed by atoms with Gasteiger partial charge in [-0.3, -0.25) is 9.59 Å². The smallest absolute Gasteiger partial charge is 0.407 e. The third-order valence-corrected chi connectivity index (χ3v) is 5.49. The molecule has 0 bridgehead atoms. The van der Waals surface area contributed by atoms with Crippen molar-refractivity contribution in [1.29, 1.82) is 0 Å². The summed E-state index contributed by atoms with van der Waals surface area (Å²) in [6, 6.07) is 7.68. The molecule has 1 aromatic carbocycles. The molecule has 0 aromatic heterocycles. The molecule has 0 radical (unpaired) electrons. The van der Waals surface area contributed by atoms with Crippen molar-refractivity contribution in [1.82, 2.24) is 15.1 Å². The Balaban J connectivity index is 1.65. The first-order chi connectivity index (χ1) is 14.2. The van der Waals surface area contributed by atoms with Gasteiger partial charge in [-0.1, -0.05) is 24.3 Å². The van der Waals surface area contributed by atoms with E-state index in [1.807, 2.05) is 17.0 Å². The van der Waals surface area contributed by atoms with E-state index in [2.05, 4.69) is 17.4 Å². The molecule has 3 amide bonds. The van der Waals surface area contributed by atoms with E-state index in [9.17, 15) is 14.4 Å². The van der Waals surface area contributed by atoms with Gasteiger partial charge in [0.25, 0.3) is 0 Å². The highest BCUT2D eigenvalue weighted by atomic mass is 16.6. The van der Waals surface area contributed by atoms with Crippen LogP contribution in [0.5, 0.6) is 0 Å². The molecular formula is C23H33N3O4. The molecule has 7 heteroatoms. The second-order valence-corrected chi connectivity index (χ2v) is 9.18. The van der Waals surface area contributed by atoms with Crippen LogP contribution in [0.1, 0.15) is 57.6 Å². The molecule has 1 fully saturated rings. The van der Waals surface area contributed by atoms with E-state index in [-0.39, 0.29) is 18.2 Å². The lowest BCUT2D eigenvalue weighted by Gasteiger charge is -2.33. The maximum atomic E-state index is 13.0. The van der Waals surface area contributed by atoms with E-state index in [0.29, 0.717) is 32.6 Å². The lowest BCUT2D eigenvalue weighted by Crippen LogP contribution is -2.50. The largest absolute Gasteiger partial charge is 0.444 e. The minimum atomic E-state index is -0.629. The Morgan fingerprint density at radius 3 is 2.53 bits per heavy atom. The Hall–Kier alpha value is -2.57. The SMILES string of the molecule is CC(C)(C)OC(=O)NC(CC(=O)N1CCc2ccccc2C1)CN1CCCCC1=O. The highest BCUT2D eigenvalue weighted by Gasteiger charge is 2.29. The second-order valence-electron chi connectivity index (χ2n) is 9.18. The number of carbonyl (C=O) groups excluding carboxylic acids is 3. The number of carbonyl (C=O) groups is 3. The summed E-state index contributed by atoms with van der Waals surface area (Å²) in [6.45, 7) is 7.63. The average molecular weight is 416 g/mol. The summed E-state index contributed by atoms with van der Waals surface area (Å²) in [5.41, 5.74) is 1.82. The van der Waals surface area contributed by atoms with Gasteiger partial charge in [0.05, 0.1) is 6.04 Å². The van der Waals surface area contributed by atoms with Crippen LogP contribution in [0, 0.1) is 0 Å². The number of fused-ring (bicyclic) bond motifs is 1. The fourth-order valence-corrected chi connectivity index (χ4v) is 4.00. The van der Waals surface area contributed by atoms with Crippen LogP contribution in [-0.2, 0) is 27.3 Å². The molecule has 1 aromatic rings. The van der Waals surface area contributed by atoms with Gasteiger partial charge < -0.3 is 19.9 Å². The van der Waals surface area contributed by atoms with Crippen molar-refractivity contribution < 1.29 is 19.1 Å². The topological polar surface area (TPSA) is 79.0 Å². The fraction of sp³-hybridized carbons (Fsp3) is 0.609. The first-order valence-corrected chi connectivity index (χ1v) is 10.8. The van der Waals surface area contributed by atoms with Gasteiger partial charge in [-0.05, 0) is 51.2 Å². The Morgan fingerprint density at radius 2 is 1.83 bits per heavy atom. The zero-order valence-corrected chi connectivity index (χ0v) is 18.3. The van der Waals surface area contributed by atoms with Crippen LogP contribution < -0.4 is 5.32 Å². The Labute approximate surface area is 178 Å². The van der Waals surface area contributed by atoms with Crippen LogP contribution in [0.4, 0.5) is 4.79 Å². The predicted octanol–water partition coefficient (Wildman–Crippen LogP) is 2.87. The van der Waals surface area contributed by atoms with Crippen LogP contribution in [0.2, 0.25) is 0 Å². The van der Waals surface area contributed by atoms with E-state index < -0.39 is 17.7 Å². The molecule has 164 valence electrons. The first-order valence-electron chi connectivity index (χ1n) is 10.8. The van der Waals surface area contributed by atoms with Gasteiger partial charge in [-0.25, -0.2) is 4.79 Å². The van der Waals surface area contributed by atoms with Crippen LogP contribution in [-0.4, -0.2) is 59.0 Å². The number of rotatable bonds is 5. The van der Waals surface area contributed by atoms with Gasteiger partial charge in [0.1, 0.15) is 5.60 Å². The number of nitrogens with one attached hydrogen (secondary N) is 1. The normalized spacial score (nSPS) is 17.9. The fourth-order valence-electron chi connectivity index (χ4n) is 4.00. The zero-order valence-electron chi connectivity index (χ0n) is 18.3. The van der Waals surface area contributed by atoms with Gasteiger partial charge >= 0.3 is 6.09 Å². The Morgan fingerprint density at radius 1 is 1.10 bits per heavy atom. The van der Waals surface area contributed by atoms with E-state index >= 15 is 0 Å². The molecule has 1 N–H and O–H groups in total. The number of alkyl carbamates (subject to hydrolysis) is 1. The van der Waals surface area contributed by atoms with E-state index in [1.165, 1.54) is 11.1 Å². The molecule has 1 unspecified atom stereocenters. The molecule has 7 nitrogen and oxygen atoms in total. The lowest BCUT2D eigenvalue weighted by molar-refractivity contribution is -0.136. The summed E-state index contributed by atoms with van der Waals surface area (Å²) in [5, 5.41) is 2.83. The third-order valence-electron chi connectivity index (χ3n) is 5.49. The minimum Gasteiger partial charge on any atom is -0.444 e. The van der Waals surface area contributed by atoms with Crippen molar-refractivity contribution >= 4 is 17.9 Å². The lowest BCUT2D eigenvalue weighted by atomic mass is 9.99. The summed E-state index contributed by atoms with van der Waals surface area (Å²) in [5.74, 6) is 0.0617. The van der Waals surface area contributed by atoms with Gasteiger partial charge in [0, 0.05) is 39.0 Å². The molecule has 0 spiro atoms. The van der Waals surface area contributed by atoms with Gasteiger partial charge in [0.2, 0.25) is 11.8 Å². The molecule has 3 rings (SSSR count). The molecule has 2 aliphatic rings. The number of ether oxygens (including phenoxy) is 1. The zero-order chi connectivity index (χ0) is 21.7. The number of hydrogen-bond acceptors (Lipinski definition) is 4. The van der Waals surface area contributed by atoms with E-state index in [0.717, 1.165) is 19.3 Å². The standard InChI is InChI=1S/C23H33N3O4/c1-23(2,3)30-22(29)24-19(16-25-12-7-6-10-20(25)27)14-21(28)26-13-11-17-8-4-5-9-18(17)15-26/h4-5,8-9,19H,6-7,10-16H2,1-3H3,(H,24,29). The average Bonchev–Trinajstić information content (AvgIpc) is 2.67. The van der Waals surface area contributed by atoms with Crippen LogP contribution in [0.3, 0.4) is 0 Å². The van der Waals surface area contributed by atoms with E-state index in [1.54, 1.807) is 25.7 Å². The summed E-state index contributed by atoms with van der Waals surface area (Å²) in [6.07, 6.45) is 2.78. The summed E-state index contributed by atoms with van der Waals surface area (Å²) < 4.78 is 5.38. The summed E-state index contributed by atoms with van der Waals surface area (Å²) in [7, 11) is 0. The number of benzene rings is 1. The number of nitrogens with zero attached hydrogens (tertiary/aromatic N) is 2. The minimum absolute atomic E-state index is 0.0185. The van der Waals surface area contributed by atoms with Crippen molar-refractivity contribution in [3.63, 3.8) is 0 Å². The van der Waals surface area contributed by atoms with Crippen molar-refractivity contribution in [2.24, 2.45) is 0 Å². The van der Waals surface area contributed by atoms with Gasteiger partial charge in [-0.15, -0.1) is 0 Å². The molecule has 0 saturated carbocycles. The molecule has 30 heavy (non-hydrogen) atoms. The molecule has 1 saturated heterocycles. The van der Waals surface area contributed by atoms with Crippen LogP contribution in [0.15, 0.2) is 24.3 Å². The van der Waals surface area contributed by atoms with Crippen molar-refractivity contribution in [2.45, 2.75) is 71.1 Å². The summed E-state index contributed by atoms with van der Waals surface area (Å²) in [4.78, 5) is 41.2. The molecule has 2 aliphatic heterocycles. The predicted molar refractivity (Wildman–Crippen MR) is 114 cm³/mol. The van der Waals surface area contributed by atoms with E-state index in [4.69, 9.17) is 4.74 Å². The number of amides is 3. The molecule has 2 heterocycles. The van der Waals surface area contributed by atoms with Crippen LogP contribution >= 0.6 is 0 Å². The second kappa shape index (κ2) is 9.49. The van der Waals surface area contributed by atoms with Gasteiger partial charge in [-0.2, -0.15) is 0 Å². The Kier molecular flexibility index (Phi) is 7.00. The van der Waals surface area contributed by atoms with Crippen molar-refractivity contribution in [3.8, 4) is 0 Å². The number of piperidine rings is 1. The van der Waals surface area contributed by atoms with Crippen molar-refractivity contribution in [3.05, 3.63) is 35.4 Å². The van der Waals surface area contributed by atoms with Gasteiger partial charge in [0.15, 0.2) is 0 Å². The van der Waals surface area contributed by atoms with Crippen molar-refractivity contribution in [2.75, 3.05) is 19.6 Å². The maximum Gasteiger partial charge on any atom is 0.407 e. The van der Waals surface area contributed by atoms with Crippen LogP contribution in [0.25, 0.3) is 0 Å². The first kappa shape index (κ1) is 22.1.